The molecule has 0 N–H and O–H groups in total. The zero-order valence-electron chi connectivity index (χ0n) is 26.9. The first-order valence-electron chi connectivity index (χ1n) is 14.8. The molecule has 0 amide bonds. The summed E-state index contributed by atoms with van der Waals surface area (Å²) in [6, 6.07) is 30.4. The summed E-state index contributed by atoms with van der Waals surface area (Å²) in [7, 11) is 11.3. The van der Waals surface area contributed by atoms with Crippen molar-refractivity contribution in [2.75, 3.05) is 22.9 Å². The normalized spacial score (nSPS) is 11.9. The predicted molar refractivity (Wildman–Crippen MR) is 192 cm³/mol. The second-order valence-corrected chi connectivity index (χ2v) is 16.5. The Morgan fingerprint density at radius 1 is 0.578 bits per heavy atom. The smallest absolute Gasteiger partial charge is 0.0267 e. The molecular formula is C38H43Cl2N4Ru+. The summed E-state index contributed by atoms with van der Waals surface area (Å²) in [6.45, 7) is 17.6. The van der Waals surface area contributed by atoms with E-state index in [0.29, 0.717) is 0 Å². The van der Waals surface area contributed by atoms with E-state index < -0.39 is 13.5 Å². The Morgan fingerprint density at radius 3 is 1.22 bits per heavy atom. The fourth-order valence-electron chi connectivity index (χ4n) is 5.32. The van der Waals surface area contributed by atoms with Gasteiger partial charge in [0.05, 0.1) is 24.5 Å². The van der Waals surface area contributed by atoms with E-state index in [0.717, 1.165) is 18.7 Å². The van der Waals surface area contributed by atoms with Crippen LogP contribution in [0.25, 0.3) is 0 Å². The number of rotatable bonds is 3. The number of anilines is 2. The van der Waals surface area contributed by atoms with Crippen LogP contribution in [0.3, 0.4) is 0 Å². The topological polar surface area (TPSA) is 32.3 Å². The third-order valence-corrected chi connectivity index (χ3v) is 8.70. The van der Waals surface area contributed by atoms with E-state index >= 15 is 0 Å². The van der Waals surface area contributed by atoms with Gasteiger partial charge in [-0.05, 0) is 88.1 Å². The van der Waals surface area contributed by atoms with Gasteiger partial charge in [-0.15, -0.1) is 0 Å². The van der Waals surface area contributed by atoms with E-state index in [2.05, 4.69) is 92.2 Å². The van der Waals surface area contributed by atoms with E-state index in [9.17, 15) is 0 Å². The Hall–Kier alpha value is -3.50. The van der Waals surface area contributed by atoms with Crippen LogP contribution in [-0.4, -0.2) is 27.7 Å². The van der Waals surface area contributed by atoms with Gasteiger partial charge in [-0.3, -0.25) is 9.97 Å². The van der Waals surface area contributed by atoms with Crippen LogP contribution in [0.4, 0.5) is 11.4 Å². The van der Waals surface area contributed by atoms with E-state index in [4.69, 9.17) is 19.4 Å². The summed E-state index contributed by atoms with van der Waals surface area (Å²) in [5, 5.41) is 0. The van der Waals surface area contributed by atoms with Crippen LogP contribution < -0.4 is 9.80 Å². The van der Waals surface area contributed by atoms with Gasteiger partial charge in [0.25, 0.3) is 6.67 Å². The van der Waals surface area contributed by atoms with E-state index in [-0.39, 0.29) is 0 Å². The van der Waals surface area contributed by atoms with Crippen molar-refractivity contribution >= 4 is 35.4 Å². The average Bonchev–Trinajstić information content (AvgIpc) is 3.48. The van der Waals surface area contributed by atoms with Crippen molar-refractivity contribution in [3.8, 4) is 0 Å². The molecule has 1 saturated heterocycles. The number of aromatic nitrogens is 2. The Labute approximate surface area is 283 Å². The molecule has 1 aliphatic heterocycles. The molecule has 4 nitrogen and oxygen atoms in total. The van der Waals surface area contributed by atoms with Crippen LogP contribution in [-0.2, 0) is 13.5 Å². The summed E-state index contributed by atoms with van der Waals surface area (Å²) in [6.07, 6.45) is 7.00. The van der Waals surface area contributed by atoms with Crippen molar-refractivity contribution in [2.24, 2.45) is 0 Å². The van der Waals surface area contributed by atoms with Crippen LogP contribution >= 0.6 is 19.4 Å². The van der Waals surface area contributed by atoms with Crippen molar-refractivity contribution in [3.63, 3.8) is 0 Å². The summed E-state index contributed by atoms with van der Waals surface area (Å²) in [5.41, 5.74) is 12.0. The maximum atomic E-state index is 5.67. The number of aryl methyl sites for hydroxylation is 6. The van der Waals surface area contributed by atoms with E-state index in [1.807, 2.05) is 71.3 Å². The monoisotopic (exact) mass is 727 g/mol. The SMILES string of the molecule is Cc1cc(C)c(N2[CH+]N(c3c(C)cc(C)cc3C)CC2)c(C)c1.[Cl][Ru]([Cl])=[CH]c1ccccc1.c1ccncc1.c1ccncc1. The molecule has 3 aromatic carbocycles. The standard InChI is InChI=1S/C21H27N2.C7H6.2C5H5N.2ClH.Ru/c1-14-9-16(3)20(17(4)10-14)22-7-8-23(13-22)21-18(5)11-15(2)12-19(21)6;1-7-5-3-2-4-6-7;2*1-2-4-6-5-3-1;;;/h9-13H,7-8H2,1-6H3;1-6H;2*1-5H;2*1H;/q+1;;;;;;+2/p-2. The molecule has 2 aromatic heterocycles. The van der Waals surface area contributed by atoms with Crippen LogP contribution in [0.2, 0.25) is 0 Å². The molecule has 0 bridgehead atoms. The third-order valence-electron chi connectivity index (χ3n) is 6.83. The molecule has 0 atom stereocenters. The van der Waals surface area contributed by atoms with Gasteiger partial charge < -0.3 is 0 Å². The Bertz CT molecular complexity index is 1420. The minimum absolute atomic E-state index is 1.04. The maximum Gasteiger partial charge on any atom is 0.0267 e. The molecule has 3 heterocycles. The summed E-state index contributed by atoms with van der Waals surface area (Å²) < 4.78 is 1.92. The van der Waals surface area contributed by atoms with Crippen LogP contribution in [0.1, 0.15) is 38.9 Å². The van der Waals surface area contributed by atoms with Gasteiger partial charge in [0, 0.05) is 24.8 Å². The minimum Gasteiger partial charge on any atom is -0.265 e. The molecule has 0 radical (unpaired) electrons. The molecule has 0 aliphatic carbocycles. The van der Waals surface area contributed by atoms with Crippen molar-refractivity contribution in [1.82, 2.24) is 9.97 Å². The molecule has 0 saturated carbocycles. The summed E-state index contributed by atoms with van der Waals surface area (Å²) in [5.74, 6) is 0. The van der Waals surface area contributed by atoms with Gasteiger partial charge in [0.15, 0.2) is 0 Å². The second-order valence-electron chi connectivity index (χ2n) is 10.8. The molecule has 1 fully saturated rings. The van der Waals surface area contributed by atoms with Crippen molar-refractivity contribution in [2.45, 2.75) is 41.5 Å². The summed E-state index contributed by atoms with van der Waals surface area (Å²) >= 11 is -1.61. The van der Waals surface area contributed by atoms with Gasteiger partial charge in [0.2, 0.25) is 0 Å². The number of hydrogen-bond acceptors (Lipinski definition) is 4. The number of hydrogen-bond donors (Lipinski definition) is 0. The van der Waals surface area contributed by atoms with Gasteiger partial charge in [-0.1, -0.05) is 47.5 Å². The molecule has 236 valence electrons. The molecule has 5 aromatic rings. The quantitative estimate of drug-likeness (QED) is 0.137. The zero-order valence-corrected chi connectivity index (χ0v) is 30.2. The first-order valence-corrected chi connectivity index (χ1v) is 20.3. The van der Waals surface area contributed by atoms with Gasteiger partial charge in [-0.25, -0.2) is 0 Å². The molecule has 0 unspecified atom stereocenters. The largest absolute Gasteiger partial charge is 0.265 e. The Kier molecular flexibility index (Phi) is 15.3. The predicted octanol–water partition coefficient (Wildman–Crippen LogP) is 9.91. The van der Waals surface area contributed by atoms with Gasteiger partial charge in [0.1, 0.15) is 0 Å². The molecule has 1 aliphatic rings. The van der Waals surface area contributed by atoms with Crippen LogP contribution in [0.15, 0.2) is 116 Å². The van der Waals surface area contributed by atoms with Crippen molar-refractivity contribution < 1.29 is 13.5 Å². The maximum absolute atomic E-state index is 5.67. The van der Waals surface area contributed by atoms with E-state index in [1.165, 1.54) is 44.8 Å². The minimum atomic E-state index is -1.61. The Morgan fingerprint density at radius 2 is 0.933 bits per heavy atom. The van der Waals surface area contributed by atoms with E-state index in [1.54, 1.807) is 24.8 Å². The van der Waals surface area contributed by atoms with Gasteiger partial charge >= 0.3 is 73.4 Å². The summed E-state index contributed by atoms with van der Waals surface area (Å²) in [4.78, 5) is 12.4. The molecule has 45 heavy (non-hydrogen) atoms. The van der Waals surface area contributed by atoms with Gasteiger partial charge in [-0.2, -0.15) is 9.80 Å². The van der Waals surface area contributed by atoms with Crippen LogP contribution in [0, 0.1) is 48.2 Å². The average molecular weight is 728 g/mol. The van der Waals surface area contributed by atoms with Crippen molar-refractivity contribution in [3.05, 3.63) is 161 Å². The molecule has 7 heteroatoms. The molecule has 0 spiro atoms. The molecule has 6 rings (SSSR count). The molecular weight excluding hydrogens is 684 g/mol. The Balaban J connectivity index is 0.000000203. The number of pyridine rings is 2. The third kappa shape index (κ3) is 12.4. The first kappa shape index (κ1) is 36.0. The van der Waals surface area contributed by atoms with Crippen molar-refractivity contribution in [1.29, 1.82) is 0 Å². The fraction of sp³-hybridized carbons (Fsp3) is 0.211. The van der Waals surface area contributed by atoms with Crippen LogP contribution in [0.5, 0.6) is 0 Å². The number of nitrogens with zero attached hydrogens (tertiary/aromatic N) is 4. The fourth-order valence-corrected chi connectivity index (χ4v) is 7.15. The zero-order chi connectivity index (χ0) is 32.6. The second kappa shape index (κ2) is 19.1. The first-order chi connectivity index (χ1) is 21.7. The number of halogens is 2. The number of benzene rings is 3.